The first kappa shape index (κ1) is 19.6. The Hall–Kier alpha value is -3.71. The predicted molar refractivity (Wildman–Crippen MR) is 117 cm³/mol. The van der Waals surface area contributed by atoms with Gasteiger partial charge in [0.2, 0.25) is 5.75 Å². The van der Waals surface area contributed by atoms with E-state index in [4.69, 9.17) is 0 Å². The molecule has 2 aromatic carbocycles. The first-order valence-corrected chi connectivity index (χ1v) is 10.3. The van der Waals surface area contributed by atoms with E-state index in [1.165, 1.54) is 11.3 Å². The second kappa shape index (κ2) is 8.75. The van der Waals surface area contributed by atoms with Gasteiger partial charge in [0, 0.05) is 0 Å². The summed E-state index contributed by atoms with van der Waals surface area (Å²) >= 11 is 1.38. The zero-order chi connectivity index (χ0) is 20.9. The van der Waals surface area contributed by atoms with Gasteiger partial charge in [-0.1, -0.05) is 66.7 Å². The van der Waals surface area contributed by atoms with Crippen molar-refractivity contribution >= 4 is 17.2 Å². The Kier molecular flexibility index (Phi) is 5.72. The smallest absolute Gasteiger partial charge is 0.294 e. The average molecular weight is 417 g/mol. The highest BCUT2D eigenvalue weighted by molar-refractivity contribution is 7.13. The Labute approximate surface area is 176 Å². The minimum Gasteiger partial charge on any atom is -0.501 e. The minimum atomic E-state index is -0.752. The summed E-state index contributed by atoms with van der Waals surface area (Å²) < 4.78 is 0. The topological polar surface area (TPSA) is 95.1 Å². The zero-order valence-corrected chi connectivity index (χ0v) is 16.7. The van der Waals surface area contributed by atoms with Gasteiger partial charge in [-0.15, -0.1) is 11.3 Å². The molecule has 0 saturated carbocycles. The number of thiophene rings is 1. The van der Waals surface area contributed by atoms with Crippen LogP contribution in [0.5, 0.6) is 5.75 Å². The van der Waals surface area contributed by atoms with Crippen molar-refractivity contribution in [3.63, 3.8) is 0 Å². The lowest BCUT2D eigenvalue weighted by Crippen LogP contribution is -2.32. The molecule has 150 valence electrons. The molecule has 0 aliphatic rings. The summed E-state index contributed by atoms with van der Waals surface area (Å²) in [6.07, 6.45) is 0.554. The van der Waals surface area contributed by atoms with E-state index in [-0.39, 0.29) is 17.6 Å². The quantitative estimate of drug-likeness (QED) is 0.443. The van der Waals surface area contributed by atoms with E-state index in [1.807, 2.05) is 72.1 Å². The van der Waals surface area contributed by atoms with Crippen LogP contribution in [0, 0.1) is 0 Å². The monoisotopic (exact) mass is 417 g/mol. The molecule has 0 aliphatic heterocycles. The molecule has 0 saturated heterocycles. The van der Waals surface area contributed by atoms with Crippen LogP contribution in [0.2, 0.25) is 0 Å². The normalized spacial score (nSPS) is 11.7. The third-order valence-corrected chi connectivity index (χ3v) is 5.53. The number of benzene rings is 2. The molecule has 0 aliphatic carbocycles. The van der Waals surface area contributed by atoms with Gasteiger partial charge in [0.05, 0.1) is 10.9 Å². The maximum Gasteiger partial charge on any atom is 0.294 e. The molecule has 3 N–H and O–H groups in total. The number of hydrogen-bond acceptors (Lipinski definition) is 5. The molecule has 6 nitrogen and oxygen atoms in total. The van der Waals surface area contributed by atoms with Gasteiger partial charge in [0.1, 0.15) is 0 Å². The van der Waals surface area contributed by atoms with E-state index in [0.717, 1.165) is 11.1 Å². The van der Waals surface area contributed by atoms with Gasteiger partial charge < -0.3 is 15.4 Å². The van der Waals surface area contributed by atoms with Gasteiger partial charge in [0.25, 0.3) is 11.5 Å². The second-order valence-corrected chi connectivity index (χ2v) is 7.66. The summed E-state index contributed by atoms with van der Waals surface area (Å²) in [5.41, 5.74) is 0.917. The number of aromatic hydroxyl groups is 1. The highest BCUT2D eigenvalue weighted by Gasteiger charge is 2.22. The average Bonchev–Trinajstić information content (AvgIpc) is 3.31. The number of carbonyl (C=O) groups excluding carboxylic acids is 1. The van der Waals surface area contributed by atoms with Crippen LogP contribution in [-0.4, -0.2) is 21.0 Å². The lowest BCUT2D eigenvalue weighted by Gasteiger charge is -2.19. The first-order chi connectivity index (χ1) is 14.6. The van der Waals surface area contributed by atoms with Crippen LogP contribution in [0.4, 0.5) is 0 Å². The van der Waals surface area contributed by atoms with Gasteiger partial charge in [-0.05, 0) is 29.0 Å². The van der Waals surface area contributed by atoms with Gasteiger partial charge in [-0.2, -0.15) is 0 Å². The van der Waals surface area contributed by atoms with Gasteiger partial charge in [-0.25, -0.2) is 4.98 Å². The van der Waals surface area contributed by atoms with Crippen molar-refractivity contribution in [2.24, 2.45) is 0 Å². The standard InChI is InChI=1S/C23H19N3O3S/c27-20-19(25-21(26-23(20)29)18-12-7-13-30-18)22(28)24-17(16-10-5-2-6-11-16)14-15-8-3-1-4-9-15/h1-13,17,27H,14H2,(H,24,28)(H,25,26,29). The maximum absolute atomic E-state index is 13.0. The first-order valence-electron chi connectivity index (χ1n) is 9.38. The third-order valence-electron chi connectivity index (χ3n) is 4.65. The highest BCUT2D eigenvalue weighted by Crippen LogP contribution is 2.23. The predicted octanol–water partition coefficient (Wildman–Crippen LogP) is 3.92. The number of aromatic nitrogens is 2. The summed E-state index contributed by atoms with van der Waals surface area (Å²) in [5.74, 6) is -1.06. The maximum atomic E-state index is 13.0. The molecule has 0 radical (unpaired) electrons. The van der Waals surface area contributed by atoms with Crippen LogP contribution >= 0.6 is 11.3 Å². The van der Waals surface area contributed by atoms with Gasteiger partial charge in [0.15, 0.2) is 11.5 Å². The highest BCUT2D eigenvalue weighted by atomic mass is 32.1. The molecule has 0 fully saturated rings. The van der Waals surface area contributed by atoms with E-state index >= 15 is 0 Å². The van der Waals surface area contributed by atoms with Crippen LogP contribution in [0.15, 0.2) is 83.0 Å². The summed E-state index contributed by atoms with van der Waals surface area (Å²) in [6, 6.07) is 22.6. The Morgan fingerprint density at radius 1 is 1.03 bits per heavy atom. The molecular formula is C23H19N3O3S. The molecule has 1 unspecified atom stereocenters. The summed E-state index contributed by atoms with van der Waals surface area (Å²) in [7, 11) is 0. The van der Waals surface area contributed by atoms with Crippen LogP contribution < -0.4 is 10.9 Å². The molecule has 1 atom stereocenters. The number of aromatic amines is 1. The van der Waals surface area contributed by atoms with Crippen LogP contribution in [0.1, 0.15) is 27.7 Å². The SMILES string of the molecule is O=C(NC(Cc1ccccc1)c1ccccc1)c1nc(-c2cccs2)[nH]c(=O)c1O. The lowest BCUT2D eigenvalue weighted by atomic mass is 9.98. The second-order valence-electron chi connectivity index (χ2n) is 6.72. The fraction of sp³-hybridized carbons (Fsp3) is 0.0870. The van der Waals surface area contributed by atoms with Crippen LogP contribution in [-0.2, 0) is 6.42 Å². The molecule has 30 heavy (non-hydrogen) atoms. The molecule has 0 bridgehead atoms. The molecule has 1 amide bonds. The van der Waals surface area contributed by atoms with E-state index in [1.54, 1.807) is 6.07 Å². The fourth-order valence-electron chi connectivity index (χ4n) is 3.17. The van der Waals surface area contributed by atoms with Gasteiger partial charge in [-0.3, -0.25) is 9.59 Å². The van der Waals surface area contributed by atoms with E-state index in [9.17, 15) is 14.7 Å². The number of H-pyrrole nitrogens is 1. The Morgan fingerprint density at radius 3 is 2.40 bits per heavy atom. The number of rotatable bonds is 6. The van der Waals surface area contributed by atoms with Crippen LogP contribution in [0.25, 0.3) is 10.7 Å². The van der Waals surface area contributed by atoms with Crippen molar-refractivity contribution in [2.45, 2.75) is 12.5 Å². The molecule has 2 aromatic heterocycles. The molecule has 4 rings (SSSR count). The molecule has 2 heterocycles. The molecule has 4 aromatic rings. The largest absolute Gasteiger partial charge is 0.501 e. The summed E-state index contributed by atoms with van der Waals surface area (Å²) in [6.45, 7) is 0. The minimum absolute atomic E-state index is 0.247. The van der Waals surface area contributed by atoms with E-state index in [2.05, 4.69) is 15.3 Å². The summed E-state index contributed by atoms with van der Waals surface area (Å²) in [5, 5.41) is 15.0. The number of nitrogens with one attached hydrogen (secondary N) is 2. The van der Waals surface area contributed by atoms with E-state index in [0.29, 0.717) is 11.3 Å². The Bertz CT molecular complexity index is 1190. The Balaban J connectivity index is 1.66. The lowest BCUT2D eigenvalue weighted by molar-refractivity contribution is 0.0928. The molecular weight excluding hydrogens is 398 g/mol. The summed E-state index contributed by atoms with van der Waals surface area (Å²) in [4.78, 5) is 32.6. The van der Waals surface area contributed by atoms with E-state index < -0.39 is 17.2 Å². The number of amides is 1. The van der Waals surface area contributed by atoms with Crippen molar-refractivity contribution < 1.29 is 9.90 Å². The Morgan fingerprint density at radius 2 is 1.73 bits per heavy atom. The van der Waals surface area contributed by atoms with Crippen molar-refractivity contribution in [1.82, 2.24) is 15.3 Å². The van der Waals surface area contributed by atoms with Crippen molar-refractivity contribution in [3.8, 4) is 16.5 Å². The van der Waals surface area contributed by atoms with Crippen molar-refractivity contribution in [1.29, 1.82) is 0 Å². The van der Waals surface area contributed by atoms with Crippen LogP contribution in [0.3, 0.4) is 0 Å². The number of hydrogen-bond donors (Lipinski definition) is 3. The van der Waals surface area contributed by atoms with Gasteiger partial charge >= 0.3 is 0 Å². The fourth-order valence-corrected chi connectivity index (χ4v) is 3.84. The van der Waals surface area contributed by atoms with Crippen molar-refractivity contribution in [3.05, 3.63) is 105 Å². The van der Waals surface area contributed by atoms with Crippen molar-refractivity contribution in [2.75, 3.05) is 0 Å². The molecule has 7 heteroatoms. The number of nitrogens with zero attached hydrogens (tertiary/aromatic N) is 1. The zero-order valence-electron chi connectivity index (χ0n) is 15.9. The molecule has 0 spiro atoms. The number of carbonyl (C=O) groups is 1. The third kappa shape index (κ3) is 4.31.